The lowest BCUT2D eigenvalue weighted by molar-refractivity contribution is -0.133. The molecule has 0 aromatic carbocycles. The van der Waals surface area contributed by atoms with Gasteiger partial charge in [-0.2, -0.15) is 0 Å². The smallest absolute Gasteiger partial charge is 0.192 e. The Bertz CT molecular complexity index is 974. The number of fused-ring (bicyclic) bond motifs is 5. The molecule has 0 aromatic heterocycles. The molecule has 0 radical (unpaired) electrons. The molecule has 0 aliphatic heterocycles. The molecule has 3 saturated carbocycles. The van der Waals surface area contributed by atoms with Crippen molar-refractivity contribution >= 4 is 22.9 Å². The minimum absolute atomic E-state index is 0.172. The molecule has 0 unspecified atom stereocenters. The van der Waals surface area contributed by atoms with Crippen LogP contribution in [0.5, 0.6) is 0 Å². The van der Waals surface area contributed by atoms with Crippen LogP contribution in [0.15, 0.2) is 12.2 Å². The van der Waals surface area contributed by atoms with E-state index in [1.807, 2.05) is 0 Å². The van der Waals surface area contributed by atoms with Gasteiger partial charge in [0.25, 0.3) is 0 Å². The molecular formula is C36H66O3Si2. The molecule has 0 saturated heterocycles. The van der Waals surface area contributed by atoms with Crippen LogP contribution in [0.2, 0.25) is 36.3 Å². The van der Waals surface area contributed by atoms with Gasteiger partial charge in [-0.25, -0.2) is 0 Å². The maximum Gasteiger partial charge on any atom is 0.192 e. The molecule has 0 heterocycles. The number of carbonyl (C=O) groups excluding carboxylic acids is 1. The molecule has 4 aliphatic carbocycles. The number of hydrogen-bond donors (Lipinski definition) is 0. The molecular weight excluding hydrogens is 537 g/mol. The summed E-state index contributed by atoms with van der Waals surface area (Å²) in [6, 6.07) is 0. The van der Waals surface area contributed by atoms with Crippen LogP contribution in [0.4, 0.5) is 0 Å². The van der Waals surface area contributed by atoms with Crippen LogP contribution in [0.25, 0.3) is 0 Å². The summed E-state index contributed by atoms with van der Waals surface area (Å²) in [4.78, 5) is 11.2. The molecule has 4 rings (SSSR count). The van der Waals surface area contributed by atoms with Crippen LogP contribution in [-0.2, 0) is 13.6 Å². The molecule has 3 nitrogen and oxygen atoms in total. The Hall–Kier alpha value is -0.236. The lowest BCUT2D eigenvalue weighted by atomic mass is 9.45. The minimum atomic E-state index is -1.94. The third-order valence-corrected chi connectivity index (χ3v) is 23.2. The van der Waals surface area contributed by atoms with E-state index in [2.05, 4.69) is 101 Å². The quantitative estimate of drug-likeness (QED) is 0.157. The second-order valence-electron chi connectivity index (χ2n) is 18.5. The fourth-order valence-electron chi connectivity index (χ4n) is 9.63. The summed E-state index contributed by atoms with van der Waals surface area (Å²) < 4.78 is 14.6. The summed E-state index contributed by atoms with van der Waals surface area (Å²) in [5.41, 5.74) is 0.576. The molecule has 0 aromatic rings. The maximum absolute atomic E-state index is 11.2. The van der Waals surface area contributed by atoms with Crippen molar-refractivity contribution in [3.05, 3.63) is 12.2 Å². The average molecular weight is 603 g/mol. The van der Waals surface area contributed by atoms with E-state index in [4.69, 9.17) is 8.85 Å². The first kappa shape index (κ1) is 33.7. The van der Waals surface area contributed by atoms with Crippen molar-refractivity contribution in [1.82, 2.24) is 0 Å². The van der Waals surface area contributed by atoms with Gasteiger partial charge >= 0.3 is 0 Å². The largest absolute Gasteiger partial charge is 0.414 e. The SMILES string of the molecule is C[C@H](CCC=O)[C@H]1CC[C@H]2[C@@H]3C[C@H](O[Si](C)(C)C(C)(C)C)[C@@H]4C[C@H](O[Si](C)(C)C(C)(C)C)C=C[C@]4(C)[C@H]3CC[C@]12C. The van der Waals surface area contributed by atoms with E-state index >= 15 is 0 Å². The summed E-state index contributed by atoms with van der Waals surface area (Å²) in [6.45, 7) is 31.7. The highest BCUT2D eigenvalue weighted by atomic mass is 28.4. The second kappa shape index (κ2) is 11.3. The molecule has 0 N–H and O–H groups in total. The molecule has 0 amide bonds. The zero-order valence-electron chi connectivity index (χ0n) is 29.2. The van der Waals surface area contributed by atoms with Crippen LogP contribution in [-0.4, -0.2) is 35.1 Å². The van der Waals surface area contributed by atoms with E-state index in [0.717, 1.165) is 49.2 Å². The van der Waals surface area contributed by atoms with Gasteiger partial charge in [0.1, 0.15) is 6.29 Å². The molecule has 5 heteroatoms. The predicted octanol–water partition coefficient (Wildman–Crippen LogP) is 10.4. The highest BCUT2D eigenvalue weighted by Gasteiger charge is 2.63. The lowest BCUT2D eigenvalue weighted by Gasteiger charge is -2.62. The minimum Gasteiger partial charge on any atom is -0.414 e. The van der Waals surface area contributed by atoms with Crippen molar-refractivity contribution in [3.8, 4) is 0 Å². The average Bonchev–Trinajstić information content (AvgIpc) is 3.19. The highest BCUT2D eigenvalue weighted by Crippen LogP contribution is 2.68. The molecule has 41 heavy (non-hydrogen) atoms. The summed E-state index contributed by atoms with van der Waals surface area (Å²) in [5, 5.41) is 0.418. The summed E-state index contributed by atoms with van der Waals surface area (Å²) in [7, 11) is -3.81. The predicted molar refractivity (Wildman–Crippen MR) is 179 cm³/mol. The Morgan fingerprint density at radius 2 is 1.49 bits per heavy atom. The third kappa shape index (κ3) is 6.06. The number of carbonyl (C=O) groups is 1. The Morgan fingerprint density at radius 3 is 2.07 bits per heavy atom. The third-order valence-electron chi connectivity index (χ3n) is 14.1. The Morgan fingerprint density at radius 1 is 0.878 bits per heavy atom. The van der Waals surface area contributed by atoms with Gasteiger partial charge in [-0.1, -0.05) is 74.5 Å². The number of allylic oxidation sites excluding steroid dienone is 1. The second-order valence-corrected chi connectivity index (χ2v) is 28.0. The molecule has 236 valence electrons. The van der Waals surface area contributed by atoms with E-state index in [1.54, 1.807) is 0 Å². The van der Waals surface area contributed by atoms with Crippen LogP contribution >= 0.6 is 0 Å². The maximum atomic E-state index is 11.2. The fourth-order valence-corrected chi connectivity index (χ4v) is 12.3. The molecule has 4 aliphatic rings. The lowest BCUT2D eigenvalue weighted by Crippen LogP contribution is -2.60. The molecule has 0 spiro atoms. The Balaban J connectivity index is 1.68. The highest BCUT2D eigenvalue weighted by molar-refractivity contribution is 6.74. The van der Waals surface area contributed by atoms with Gasteiger partial charge in [0.15, 0.2) is 16.6 Å². The first-order valence-corrected chi connectivity index (χ1v) is 23.0. The summed E-state index contributed by atoms with van der Waals surface area (Å²) in [6.07, 6.45) is 16.3. The number of aldehydes is 1. The zero-order valence-corrected chi connectivity index (χ0v) is 31.2. The Kier molecular flexibility index (Phi) is 9.26. The zero-order chi connectivity index (χ0) is 30.8. The number of rotatable bonds is 8. The van der Waals surface area contributed by atoms with Crippen molar-refractivity contribution in [2.45, 2.75) is 162 Å². The van der Waals surface area contributed by atoms with E-state index in [-0.39, 0.29) is 21.6 Å². The topological polar surface area (TPSA) is 35.5 Å². The molecule has 3 fully saturated rings. The van der Waals surface area contributed by atoms with Gasteiger partial charge in [-0.05, 0) is 128 Å². The van der Waals surface area contributed by atoms with Crippen molar-refractivity contribution in [3.63, 3.8) is 0 Å². The molecule has 0 bridgehead atoms. The van der Waals surface area contributed by atoms with Gasteiger partial charge in [-0.3, -0.25) is 0 Å². The standard InChI is InChI=1S/C36H66O3Si2/c1-25(15-14-22-37)28-16-17-29-27-24-32(39-41(12,13)34(5,6)7)31-23-26(38-40(10,11)33(2,3)4)18-20-36(31,9)30(27)19-21-35(28,29)8/h18,20,22,25-32H,14-17,19,21,23-24H2,1-13H3/t25-,26-,27+,28-,29+,30+,31+,32+,35-,36-/m1/s1. The summed E-state index contributed by atoms with van der Waals surface area (Å²) >= 11 is 0. The van der Waals surface area contributed by atoms with Gasteiger partial charge in [0, 0.05) is 12.5 Å². The van der Waals surface area contributed by atoms with Gasteiger partial charge in [0.2, 0.25) is 0 Å². The molecule has 10 atom stereocenters. The van der Waals surface area contributed by atoms with E-state index in [9.17, 15) is 4.79 Å². The monoisotopic (exact) mass is 602 g/mol. The van der Waals surface area contributed by atoms with E-state index in [0.29, 0.717) is 23.4 Å². The summed E-state index contributed by atoms with van der Waals surface area (Å²) in [5.74, 6) is 4.16. The first-order chi connectivity index (χ1) is 18.7. The van der Waals surface area contributed by atoms with Crippen LogP contribution < -0.4 is 0 Å². The van der Waals surface area contributed by atoms with Crippen molar-refractivity contribution in [2.75, 3.05) is 0 Å². The number of hydrogen-bond acceptors (Lipinski definition) is 3. The normalized spacial score (nSPS) is 40.5. The van der Waals surface area contributed by atoms with E-state index < -0.39 is 16.6 Å². The Labute approximate surface area is 256 Å². The van der Waals surface area contributed by atoms with E-state index in [1.165, 1.54) is 32.1 Å². The van der Waals surface area contributed by atoms with Crippen molar-refractivity contribution in [1.29, 1.82) is 0 Å². The van der Waals surface area contributed by atoms with Crippen molar-refractivity contribution < 1.29 is 13.6 Å². The van der Waals surface area contributed by atoms with Gasteiger partial charge in [-0.15, -0.1) is 0 Å². The van der Waals surface area contributed by atoms with Crippen molar-refractivity contribution in [2.24, 2.45) is 46.3 Å². The first-order valence-electron chi connectivity index (χ1n) is 17.2. The van der Waals surface area contributed by atoms with Crippen LogP contribution in [0.3, 0.4) is 0 Å². The van der Waals surface area contributed by atoms with Crippen LogP contribution in [0, 0.1) is 46.3 Å². The van der Waals surface area contributed by atoms with Gasteiger partial charge < -0.3 is 13.6 Å². The van der Waals surface area contributed by atoms with Gasteiger partial charge in [0.05, 0.1) is 6.10 Å². The van der Waals surface area contributed by atoms with Crippen LogP contribution in [0.1, 0.15) is 114 Å². The fraction of sp³-hybridized carbons (Fsp3) is 0.917.